The van der Waals surface area contributed by atoms with E-state index >= 15 is 0 Å². The van der Waals surface area contributed by atoms with Crippen LogP contribution in [0, 0.1) is 0 Å². The summed E-state index contributed by atoms with van der Waals surface area (Å²) in [6.45, 7) is 0.275. The Kier molecular flexibility index (Phi) is 3.98. The van der Waals surface area contributed by atoms with Gasteiger partial charge in [-0.3, -0.25) is 9.10 Å². The quantitative estimate of drug-likeness (QED) is 0.863. The molecule has 8 heteroatoms. The minimum Gasteiger partial charge on any atom is -0.324 e. The van der Waals surface area contributed by atoms with Crippen molar-refractivity contribution in [2.45, 2.75) is 6.42 Å². The summed E-state index contributed by atoms with van der Waals surface area (Å²) in [5.41, 5.74) is 6.06. The predicted octanol–water partition coefficient (Wildman–Crippen LogP) is 0.777. The number of hydrogen-bond donors (Lipinski definition) is 2. The molecule has 0 atom stereocenters. The minimum absolute atomic E-state index is 0.139. The fourth-order valence-corrected chi connectivity index (χ4v) is 3.62. The lowest BCUT2D eigenvalue weighted by molar-refractivity contribution is -0.114. The molecule has 1 aliphatic rings. The van der Waals surface area contributed by atoms with Crippen molar-refractivity contribution in [3.8, 4) is 0 Å². The molecule has 1 heterocycles. The van der Waals surface area contributed by atoms with Crippen LogP contribution >= 0.6 is 11.6 Å². The number of carbonyl (C=O) groups excluding carboxylic acids is 1. The Bertz CT molecular complexity index is 603. The Balaban J connectivity index is 2.33. The van der Waals surface area contributed by atoms with Crippen LogP contribution < -0.4 is 15.4 Å². The topological polar surface area (TPSA) is 92.5 Å². The van der Waals surface area contributed by atoms with Crippen LogP contribution in [0.4, 0.5) is 11.4 Å². The van der Waals surface area contributed by atoms with Crippen molar-refractivity contribution in [1.82, 2.24) is 0 Å². The first-order valence-electron chi connectivity index (χ1n) is 5.74. The minimum atomic E-state index is -3.25. The molecular weight excluding hydrogens is 290 g/mol. The number of carbonyl (C=O) groups is 1. The number of nitrogens with zero attached hydrogens (tertiary/aromatic N) is 1. The summed E-state index contributed by atoms with van der Waals surface area (Å²) in [6.07, 6.45) is 0.593. The average molecular weight is 304 g/mol. The number of benzene rings is 1. The highest BCUT2D eigenvalue weighted by molar-refractivity contribution is 7.93. The molecule has 1 amide bonds. The maximum atomic E-state index is 11.8. The van der Waals surface area contributed by atoms with Crippen molar-refractivity contribution < 1.29 is 13.2 Å². The Morgan fingerprint density at radius 2 is 2.21 bits per heavy atom. The first-order valence-corrected chi connectivity index (χ1v) is 7.72. The van der Waals surface area contributed by atoms with Crippen molar-refractivity contribution >= 4 is 38.9 Å². The second kappa shape index (κ2) is 5.36. The van der Waals surface area contributed by atoms with E-state index in [2.05, 4.69) is 5.32 Å². The highest BCUT2D eigenvalue weighted by Crippen LogP contribution is 2.31. The Labute approximate surface area is 116 Å². The summed E-state index contributed by atoms with van der Waals surface area (Å²) < 4.78 is 25.0. The van der Waals surface area contributed by atoms with Crippen molar-refractivity contribution in [3.63, 3.8) is 0 Å². The molecule has 0 bridgehead atoms. The Hall–Kier alpha value is -1.31. The van der Waals surface area contributed by atoms with Crippen LogP contribution in [0.2, 0.25) is 5.02 Å². The first-order chi connectivity index (χ1) is 8.94. The number of anilines is 2. The summed E-state index contributed by atoms with van der Waals surface area (Å²) in [6, 6.07) is 4.71. The number of hydrogen-bond acceptors (Lipinski definition) is 4. The highest BCUT2D eigenvalue weighted by atomic mass is 35.5. The van der Waals surface area contributed by atoms with Gasteiger partial charge in [-0.15, -0.1) is 0 Å². The molecule has 0 saturated carbocycles. The van der Waals surface area contributed by atoms with Crippen molar-refractivity contribution in [2.24, 2.45) is 5.73 Å². The van der Waals surface area contributed by atoms with Crippen LogP contribution in [0.3, 0.4) is 0 Å². The van der Waals surface area contributed by atoms with Gasteiger partial charge in [-0.25, -0.2) is 8.42 Å². The lowest BCUT2D eigenvalue weighted by Gasteiger charge is -2.18. The van der Waals surface area contributed by atoms with E-state index in [9.17, 15) is 13.2 Å². The molecule has 0 aromatic heterocycles. The van der Waals surface area contributed by atoms with Gasteiger partial charge >= 0.3 is 0 Å². The molecule has 2 rings (SSSR count). The zero-order valence-electron chi connectivity index (χ0n) is 10.1. The molecule has 1 aromatic rings. The van der Waals surface area contributed by atoms with E-state index in [-0.39, 0.29) is 18.2 Å². The summed E-state index contributed by atoms with van der Waals surface area (Å²) in [5.74, 6) is -0.247. The number of rotatable bonds is 3. The Morgan fingerprint density at radius 3 is 2.79 bits per heavy atom. The fourth-order valence-electron chi connectivity index (χ4n) is 1.89. The van der Waals surface area contributed by atoms with Crippen molar-refractivity contribution in [2.75, 3.05) is 28.5 Å². The third kappa shape index (κ3) is 2.99. The van der Waals surface area contributed by atoms with Gasteiger partial charge in [0.1, 0.15) is 0 Å². The standard InChI is InChI=1S/C11H14ClN3O3S/c12-9-3-2-8(6-10(9)14-11(16)7-13)15-4-1-5-19(15,17)18/h2-3,6H,1,4-5,7,13H2,(H,14,16). The van der Waals surface area contributed by atoms with Crippen LogP contribution in [0.15, 0.2) is 18.2 Å². The maximum Gasteiger partial charge on any atom is 0.238 e. The molecule has 3 N–H and O–H groups in total. The van der Waals surface area contributed by atoms with E-state index in [1.165, 1.54) is 4.31 Å². The van der Waals surface area contributed by atoms with Gasteiger partial charge in [0.2, 0.25) is 15.9 Å². The molecule has 0 radical (unpaired) electrons. The zero-order chi connectivity index (χ0) is 14.0. The van der Waals surface area contributed by atoms with E-state index in [1.807, 2.05) is 0 Å². The summed E-state index contributed by atoms with van der Waals surface area (Å²) in [7, 11) is -3.25. The molecular formula is C11H14ClN3O3S. The SMILES string of the molecule is NCC(=O)Nc1cc(N2CCCS2(=O)=O)ccc1Cl. The molecule has 0 aliphatic carbocycles. The highest BCUT2D eigenvalue weighted by Gasteiger charge is 2.28. The van der Waals surface area contributed by atoms with Crippen LogP contribution in [0.5, 0.6) is 0 Å². The summed E-state index contributed by atoms with van der Waals surface area (Å²) in [4.78, 5) is 11.3. The predicted molar refractivity (Wildman–Crippen MR) is 74.9 cm³/mol. The molecule has 6 nitrogen and oxygen atoms in total. The van der Waals surface area contributed by atoms with E-state index in [0.717, 1.165) is 0 Å². The van der Waals surface area contributed by atoms with Crippen LogP contribution in [0.25, 0.3) is 0 Å². The number of amides is 1. The molecule has 1 fully saturated rings. The Morgan fingerprint density at radius 1 is 1.47 bits per heavy atom. The third-order valence-corrected chi connectivity index (χ3v) is 5.00. The molecule has 0 unspecified atom stereocenters. The number of halogens is 1. The summed E-state index contributed by atoms with van der Waals surface area (Å²) >= 11 is 5.95. The lowest BCUT2D eigenvalue weighted by Crippen LogP contribution is -2.25. The average Bonchev–Trinajstić information content (AvgIpc) is 2.71. The molecule has 1 aliphatic heterocycles. The second-order valence-electron chi connectivity index (χ2n) is 4.16. The van der Waals surface area contributed by atoms with Crippen LogP contribution in [-0.2, 0) is 14.8 Å². The molecule has 1 saturated heterocycles. The van der Waals surface area contributed by atoms with Gasteiger partial charge in [0.25, 0.3) is 0 Å². The largest absolute Gasteiger partial charge is 0.324 e. The molecule has 19 heavy (non-hydrogen) atoms. The zero-order valence-corrected chi connectivity index (χ0v) is 11.7. The van der Waals surface area contributed by atoms with Gasteiger partial charge in [0.15, 0.2) is 0 Å². The molecule has 0 spiro atoms. The van der Waals surface area contributed by atoms with Crippen LogP contribution in [0.1, 0.15) is 6.42 Å². The van der Waals surface area contributed by atoms with Crippen molar-refractivity contribution in [1.29, 1.82) is 0 Å². The van der Waals surface area contributed by atoms with E-state index in [0.29, 0.717) is 29.4 Å². The first kappa shape index (κ1) is 14.1. The van der Waals surface area contributed by atoms with Gasteiger partial charge in [-0.1, -0.05) is 11.6 Å². The molecule has 1 aromatic carbocycles. The fraction of sp³-hybridized carbons (Fsp3) is 0.364. The van der Waals surface area contributed by atoms with Gasteiger partial charge in [-0.05, 0) is 24.6 Å². The van der Waals surface area contributed by atoms with E-state index < -0.39 is 10.0 Å². The number of nitrogens with one attached hydrogen (secondary N) is 1. The smallest absolute Gasteiger partial charge is 0.238 e. The third-order valence-electron chi connectivity index (χ3n) is 2.80. The van der Waals surface area contributed by atoms with Crippen LogP contribution in [-0.4, -0.2) is 33.2 Å². The van der Waals surface area contributed by atoms with Gasteiger partial charge in [0.05, 0.1) is 28.7 Å². The normalized spacial score (nSPS) is 17.5. The molecule has 104 valence electrons. The maximum absolute atomic E-state index is 11.8. The van der Waals surface area contributed by atoms with Gasteiger partial charge < -0.3 is 11.1 Å². The van der Waals surface area contributed by atoms with Gasteiger partial charge in [-0.2, -0.15) is 0 Å². The number of nitrogens with two attached hydrogens (primary N) is 1. The van der Waals surface area contributed by atoms with E-state index in [1.54, 1.807) is 18.2 Å². The monoisotopic (exact) mass is 303 g/mol. The van der Waals surface area contributed by atoms with Crippen molar-refractivity contribution in [3.05, 3.63) is 23.2 Å². The van der Waals surface area contributed by atoms with Gasteiger partial charge in [0, 0.05) is 6.54 Å². The second-order valence-corrected chi connectivity index (χ2v) is 6.58. The van der Waals surface area contributed by atoms with E-state index in [4.69, 9.17) is 17.3 Å². The number of sulfonamides is 1. The summed E-state index contributed by atoms with van der Waals surface area (Å²) in [5, 5.41) is 2.87. The lowest BCUT2D eigenvalue weighted by atomic mass is 10.2.